The highest BCUT2D eigenvalue weighted by Gasteiger charge is 2.19. The van der Waals surface area contributed by atoms with Gasteiger partial charge in [-0.05, 0) is 51.1 Å². The first kappa shape index (κ1) is 19.8. The SMILES string of the molecule is CCOc1cc(C(=O)Nc2ccc(Cl)cc2F)cc(OCC)c1OCC. The highest BCUT2D eigenvalue weighted by atomic mass is 35.5. The largest absolute Gasteiger partial charge is 0.490 e. The van der Waals surface area contributed by atoms with Crippen molar-refractivity contribution in [2.75, 3.05) is 25.1 Å². The minimum absolute atomic E-state index is 0.0317. The van der Waals surface area contributed by atoms with E-state index in [0.29, 0.717) is 37.1 Å². The maximum absolute atomic E-state index is 13.9. The number of carbonyl (C=O) groups is 1. The van der Waals surface area contributed by atoms with Gasteiger partial charge in [0.05, 0.1) is 25.5 Å². The molecule has 0 aliphatic rings. The number of nitrogens with one attached hydrogen (secondary N) is 1. The Morgan fingerprint density at radius 2 is 1.58 bits per heavy atom. The lowest BCUT2D eigenvalue weighted by Crippen LogP contribution is -2.14. The average molecular weight is 382 g/mol. The highest BCUT2D eigenvalue weighted by Crippen LogP contribution is 2.39. The van der Waals surface area contributed by atoms with Crippen molar-refractivity contribution in [3.8, 4) is 17.2 Å². The Labute approximate surface area is 157 Å². The highest BCUT2D eigenvalue weighted by molar-refractivity contribution is 6.30. The van der Waals surface area contributed by atoms with Crippen molar-refractivity contribution in [2.45, 2.75) is 20.8 Å². The van der Waals surface area contributed by atoms with Gasteiger partial charge in [0.2, 0.25) is 5.75 Å². The molecule has 1 amide bonds. The molecule has 5 nitrogen and oxygen atoms in total. The second kappa shape index (κ2) is 9.29. The van der Waals surface area contributed by atoms with Gasteiger partial charge in [-0.2, -0.15) is 0 Å². The second-order valence-corrected chi connectivity index (χ2v) is 5.62. The van der Waals surface area contributed by atoms with Gasteiger partial charge in [0.1, 0.15) is 5.82 Å². The molecule has 0 spiro atoms. The van der Waals surface area contributed by atoms with Crippen molar-refractivity contribution >= 4 is 23.2 Å². The van der Waals surface area contributed by atoms with Gasteiger partial charge in [-0.1, -0.05) is 11.6 Å². The van der Waals surface area contributed by atoms with Crippen LogP contribution in [-0.4, -0.2) is 25.7 Å². The second-order valence-electron chi connectivity index (χ2n) is 5.18. The molecule has 0 saturated carbocycles. The fourth-order valence-electron chi connectivity index (χ4n) is 2.31. The Morgan fingerprint density at radius 1 is 1.00 bits per heavy atom. The van der Waals surface area contributed by atoms with Crippen molar-refractivity contribution in [3.63, 3.8) is 0 Å². The van der Waals surface area contributed by atoms with Crippen LogP contribution < -0.4 is 19.5 Å². The van der Waals surface area contributed by atoms with Gasteiger partial charge in [-0.25, -0.2) is 4.39 Å². The molecular formula is C19H21ClFNO4. The van der Waals surface area contributed by atoms with E-state index >= 15 is 0 Å². The molecule has 0 radical (unpaired) electrons. The van der Waals surface area contributed by atoms with Gasteiger partial charge >= 0.3 is 0 Å². The molecule has 2 aromatic rings. The molecule has 140 valence electrons. The van der Waals surface area contributed by atoms with E-state index in [0.717, 1.165) is 6.07 Å². The summed E-state index contributed by atoms with van der Waals surface area (Å²) in [5.74, 6) is 0.0949. The Bertz CT molecular complexity index is 755. The fourth-order valence-corrected chi connectivity index (χ4v) is 2.46. The Kier molecular flexibility index (Phi) is 7.09. The average Bonchev–Trinajstić information content (AvgIpc) is 2.60. The Balaban J connectivity index is 2.38. The van der Waals surface area contributed by atoms with Crippen LogP contribution in [-0.2, 0) is 0 Å². The normalized spacial score (nSPS) is 10.3. The number of amides is 1. The summed E-state index contributed by atoms with van der Waals surface area (Å²) in [7, 11) is 0. The summed E-state index contributed by atoms with van der Waals surface area (Å²) in [6, 6.07) is 7.11. The smallest absolute Gasteiger partial charge is 0.256 e. The van der Waals surface area contributed by atoms with Crippen molar-refractivity contribution in [1.82, 2.24) is 0 Å². The topological polar surface area (TPSA) is 56.8 Å². The van der Waals surface area contributed by atoms with Crippen molar-refractivity contribution in [1.29, 1.82) is 0 Å². The van der Waals surface area contributed by atoms with E-state index in [1.54, 1.807) is 12.1 Å². The number of carbonyl (C=O) groups excluding carboxylic acids is 1. The van der Waals surface area contributed by atoms with Gasteiger partial charge in [0.25, 0.3) is 5.91 Å². The third kappa shape index (κ3) is 4.79. The molecule has 0 heterocycles. The van der Waals surface area contributed by atoms with Gasteiger partial charge in [-0.15, -0.1) is 0 Å². The van der Waals surface area contributed by atoms with Crippen LogP contribution in [0.25, 0.3) is 0 Å². The zero-order chi connectivity index (χ0) is 19.1. The van der Waals surface area contributed by atoms with Crippen molar-refractivity contribution in [3.05, 3.63) is 46.7 Å². The van der Waals surface area contributed by atoms with Gasteiger partial charge in [-0.3, -0.25) is 4.79 Å². The van der Waals surface area contributed by atoms with E-state index < -0.39 is 11.7 Å². The lowest BCUT2D eigenvalue weighted by Gasteiger charge is -2.17. The predicted molar refractivity (Wildman–Crippen MR) is 99.3 cm³/mol. The quantitative estimate of drug-likeness (QED) is 0.704. The summed E-state index contributed by atoms with van der Waals surface area (Å²) in [5.41, 5.74) is 0.291. The van der Waals surface area contributed by atoms with Gasteiger partial charge in [0, 0.05) is 10.6 Å². The molecule has 1 N–H and O–H groups in total. The molecule has 0 aliphatic heterocycles. The molecule has 26 heavy (non-hydrogen) atoms. The number of benzene rings is 2. The zero-order valence-electron chi connectivity index (χ0n) is 14.9. The Morgan fingerprint density at radius 3 is 2.08 bits per heavy atom. The molecule has 0 aliphatic carbocycles. The molecule has 2 aromatic carbocycles. The van der Waals surface area contributed by atoms with Crippen LogP contribution in [0, 0.1) is 5.82 Å². The van der Waals surface area contributed by atoms with Gasteiger partial charge in [0.15, 0.2) is 11.5 Å². The minimum Gasteiger partial charge on any atom is -0.490 e. The van der Waals surface area contributed by atoms with E-state index in [2.05, 4.69) is 5.32 Å². The summed E-state index contributed by atoms with van der Waals surface area (Å²) in [4.78, 5) is 12.6. The van der Waals surface area contributed by atoms with Crippen LogP contribution in [0.5, 0.6) is 17.2 Å². The third-order valence-corrected chi connectivity index (χ3v) is 3.59. The van der Waals surface area contributed by atoms with Crippen molar-refractivity contribution < 1.29 is 23.4 Å². The number of rotatable bonds is 8. The third-order valence-electron chi connectivity index (χ3n) is 3.35. The van der Waals surface area contributed by atoms with Crippen LogP contribution in [0.1, 0.15) is 31.1 Å². The molecule has 0 unspecified atom stereocenters. The summed E-state index contributed by atoms with van der Waals surface area (Å²) in [5, 5.41) is 2.77. The summed E-state index contributed by atoms with van der Waals surface area (Å²) in [6.07, 6.45) is 0. The van der Waals surface area contributed by atoms with E-state index in [9.17, 15) is 9.18 Å². The monoisotopic (exact) mass is 381 g/mol. The lowest BCUT2D eigenvalue weighted by molar-refractivity contribution is 0.102. The first-order valence-electron chi connectivity index (χ1n) is 8.32. The molecule has 0 saturated heterocycles. The van der Waals surface area contributed by atoms with Crippen LogP contribution >= 0.6 is 11.6 Å². The molecule has 0 aromatic heterocycles. The molecule has 0 atom stereocenters. The maximum atomic E-state index is 13.9. The molecule has 0 bridgehead atoms. The maximum Gasteiger partial charge on any atom is 0.256 e. The van der Waals surface area contributed by atoms with Crippen LogP contribution in [0.2, 0.25) is 5.02 Å². The summed E-state index contributed by atoms with van der Waals surface area (Å²) >= 11 is 5.73. The Hall–Kier alpha value is -2.47. The van der Waals surface area contributed by atoms with E-state index in [1.807, 2.05) is 20.8 Å². The molecular weight excluding hydrogens is 361 g/mol. The van der Waals surface area contributed by atoms with Crippen molar-refractivity contribution in [2.24, 2.45) is 0 Å². The zero-order valence-corrected chi connectivity index (χ0v) is 15.7. The number of hydrogen-bond donors (Lipinski definition) is 1. The molecule has 2 rings (SSSR count). The number of halogens is 2. The predicted octanol–water partition coefficient (Wildman–Crippen LogP) is 4.93. The van der Waals surface area contributed by atoms with Crippen LogP contribution in [0.3, 0.4) is 0 Å². The first-order valence-corrected chi connectivity index (χ1v) is 8.70. The minimum atomic E-state index is -0.619. The fraction of sp³-hybridized carbons (Fsp3) is 0.316. The number of anilines is 1. The first-order chi connectivity index (χ1) is 12.5. The van der Waals surface area contributed by atoms with E-state index in [-0.39, 0.29) is 16.3 Å². The summed E-state index contributed by atoms with van der Waals surface area (Å²) in [6.45, 7) is 6.69. The molecule has 7 heteroatoms. The van der Waals surface area contributed by atoms with Gasteiger partial charge < -0.3 is 19.5 Å². The lowest BCUT2D eigenvalue weighted by atomic mass is 10.1. The standard InChI is InChI=1S/C19H21ClFNO4/c1-4-24-16-9-12(10-17(25-5-2)18(16)26-6-3)19(23)22-15-8-7-13(20)11-14(15)21/h7-11H,4-6H2,1-3H3,(H,22,23). The van der Waals surface area contributed by atoms with E-state index in [1.165, 1.54) is 12.1 Å². The number of ether oxygens (including phenoxy) is 3. The van der Waals surface area contributed by atoms with Crippen LogP contribution in [0.4, 0.5) is 10.1 Å². The number of hydrogen-bond acceptors (Lipinski definition) is 4. The van der Waals surface area contributed by atoms with E-state index in [4.69, 9.17) is 25.8 Å². The van der Waals surface area contributed by atoms with Crippen LogP contribution in [0.15, 0.2) is 30.3 Å². The summed E-state index contributed by atoms with van der Waals surface area (Å²) < 4.78 is 30.7. The molecule has 0 fully saturated rings.